The summed E-state index contributed by atoms with van der Waals surface area (Å²) in [6.45, 7) is 6.39. The standard InChI is InChI=1S/C42H41N3O6/c1-27-14-18-32(19-15-27)39-26-50-37-12-7-11-36(45(24-8-13-38(37)51-39)41(47)33-9-5-4-6-10-33)40(46)44-35(42(48)49)25-30-16-20-31(21-17-30)34-22-23-43-29(3)28(34)2/h4-10,12-23,35-36,39H,11,24-26H2,1-3H3,(H,44,46)(H,48,49). The van der Waals surface area contributed by atoms with Crippen molar-refractivity contribution in [3.05, 3.63) is 160 Å². The highest BCUT2D eigenvalue weighted by atomic mass is 16.6. The van der Waals surface area contributed by atoms with Crippen LogP contribution >= 0.6 is 0 Å². The van der Waals surface area contributed by atoms with Gasteiger partial charge in [0.1, 0.15) is 18.7 Å². The van der Waals surface area contributed by atoms with Crippen molar-refractivity contribution in [2.75, 3.05) is 13.2 Å². The summed E-state index contributed by atoms with van der Waals surface area (Å²) in [5, 5.41) is 12.9. The number of carbonyl (C=O) groups is 3. The highest BCUT2D eigenvalue weighted by Crippen LogP contribution is 2.31. The first kappa shape index (κ1) is 34.9. The Balaban J connectivity index is 1.23. The molecule has 0 saturated heterocycles. The number of amides is 2. The van der Waals surface area contributed by atoms with Crippen LogP contribution in [0.5, 0.6) is 0 Å². The minimum Gasteiger partial charge on any atom is -0.485 e. The SMILES string of the molecule is Cc1ccc(C2COC3=C(C=CCN(C(=O)c4ccccc4)C(C(=O)NC(Cc4ccc(-c5ccnc(C)c5C)cc4)C(=O)O)CC=C3)O2)cc1. The Morgan fingerprint density at radius 1 is 0.902 bits per heavy atom. The molecular formula is C42H41N3O6. The average molecular weight is 684 g/mol. The molecule has 0 bridgehead atoms. The van der Waals surface area contributed by atoms with Crippen LogP contribution in [-0.4, -0.2) is 58.0 Å². The van der Waals surface area contributed by atoms with Gasteiger partial charge < -0.3 is 24.8 Å². The first-order valence-corrected chi connectivity index (χ1v) is 17.0. The van der Waals surface area contributed by atoms with Crippen LogP contribution < -0.4 is 5.32 Å². The van der Waals surface area contributed by atoms with Crippen LogP contribution in [0.2, 0.25) is 0 Å². The molecule has 4 aromatic rings. The zero-order valence-corrected chi connectivity index (χ0v) is 28.9. The maximum atomic E-state index is 14.0. The van der Waals surface area contributed by atoms with E-state index in [0.29, 0.717) is 23.7 Å². The first-order valence-electron chi connectivity index (χ1n) is 17.0. The van der Waals surface area contributed by atoms with Crippen molar-refractivity contribution in [1.29, 1.82) is 0 Å². The second-order valence-electron chi connectivity index (χ2n) is 12.8. The van der Waals surface area contributed by atoms with E-state index in [4.69, 9.17) is 9.47 Å². The van der Waals surface area contributed by atoms with Gasteiger partial charge in [0.25, 0.3) is 5.91 Å². The third-order valence-corrected chi connectivity index (χ3v) is 9.29. The normalized spacial score (nSPS) is 17.8. The number of aryl methyl sites for hydroxylation is 2. The minimum atomic E-state index is -1.22. The van der Waals surface area contributed by atoms with Crippen LogP contribution in [0.3, 0.4) is 0 Å². The number of pyridine rings is 1. The van der Waals surface area contributed by atoms with E-state index >= 15 is 0 Å². The molecule has 0 radical (unpaired) electrons. The van der Waals surface area contributed by atoms with E-state index in [0.717, 1.165) is 39.1 Å². The van der Waals surface area contributed by atoms with E-state index in [2.05, 4.69) is 10.3 Å². The van der Waals surface area contributed by atoms with Gasteiger partial charge in [-0.25, -0.2) is 4.79 Å². The van der Waals surface area contributed by atoms with Crippen molar-refractivity contribution in [2.45, 2.75) is 51.8 Å². The number of hydrogen-bond donors (Lipinski definition) is 2. The number of nitrogens with one attached hydrogen (secondary N) is 1. The monoisotopic (exact) mass is 683 g/mol. The second-order valence-corrected chi connectivity index (χ2v) is 12.8. The van der Waals surface area contributed by atoms with E-state index in [1.807, 2.05) is 81.4 Å². The zero-order valence-electron chi connectivity index (χ0n) is 28.9. The van der Waals surface area contributed by atoms with Crippen molar-refractivity contribution in [3.8, 4) is 11.1 Å². The predicted octanol–water partition coefficient (Wildman–Crippen LogP) is 6.81. The van der Waals surface area contributed by atoms with Crippen molar-refractivity contribution in [1.82, 2.24) is 15.2 Å². The largest absolute Gasteiger partial charge is 0.485 e. The Kier molecular flexibility index (Phi) is 10.8. The molecule has 9 nitrogen and oxygen atoms in total. The summed E-state index contributed by atoms with van der Waals surface area (Å²) in [5.41, 5.74) is 7.36. The quantitative estimate of drug-likeness (QED) is 0.210. The third-order valence-electron chi connectivity index (χ3n) is 9.29. The fraction of sp³-hybridized carbons (Fsp3) is 0.238. The number of carboxylic acid groups (broad SMARTS) is 1. The smallest absolute Gasteiger partial charge is 0.326 e. The van der Waals surface area contributed by atoms with Crippen LogP contribution in [0.25, 0.3) is 11.1 Å². The molecule has 2 amide bonds. The Labute approximate surface area is 297 Å². The van der Waals surface area contributed by atoms with E-state index < -0.39 is 24.0 Å². The van der Waals surface area contributed by atoms with Gasteiger partial charge in [-0.3, -0.25) is 14.6 Å². The summed E-state index contributed by atoms with van der Waals surface area (Å²) in [6, 6.07) is 24.2. The fourth-order valence-electron chi connectivity index (χ4n) is 6.21. The number of ether oxygens (including phenoxy) is 2. The number of carbonyl (C=O) groups excluding carboxylic acids is 2. The number of benzene rings is 3. The summed E-state index contributed by atoms with van der Waals surface area (Å²) in [4.78, 5) is 46.3. The Morgan fingerprint density at radius 3 is 2.35 bits per heavy atom. The van der Waals surface area contributed by atoms with Gasteiger partial charge in [0.15, 0.2) is 17.6 Å². The van der Waals surface area contributed by atoms with Crippen molar-refractivity contribution in [2.24, 2.45) is 0 Å². The van der Waals surface area contributed by atoms with Gasteiger partial charge in [-0.2, -0.15) is 0 Å². The molecule has 2 aliphatic heterocycles. The summed E-state index contributed by atoms with van der Waals surface area (Å²) >= 11 is 0. The highest BCUT2D eigenvalue weighted by molar-refractivity contribution is 5.98. The lowest BCUT2D eigenvalue weighted by Gasteiger charge is -2.32. The molecule has 0 saturated carbocycles. The van der Waals surface area contributed by atoms with Gasteiger partial charge >= 0.3 is 5.97 Å². The summed E-state index contributed by atoms with van der Waals surface area (Å²) in [7, 11) is 0. The molecule has 260 valence electrons. The lowest BCUT2D eigenvalue weighted by atomic mass is 9.97. The molecule has 2 aliphatic rings. The maximum absolute atomic E-state index is 14.0. The fourth-order valence-corrected chi connectivity index (χ4v) is 6.21. The molecular weight excluding hydrogens is 642 g/mol. The molecule has 3 aromatic carbocycles. The van der Waals surface area contributed by atoms with Crippen LogP contribution in [0.1, 0.15) is 50.8 Å². The second kappa shape index (κ2) is 15.7. The summed E-state index contributed by atoms with van der Waals surface area (Å²) in [5.74, 6) is -1.06. The van der Waals surface area contributed by atoms with E-state index in [1.165, 1.54) is 4.90 Å². The van der Waals surface area contributed by atoms with Gasteiger partial charge in [0, 0.05) is 30.4 Å². The van der Waals surface area contributed by atoms with E-state index in [-0.39, 0.29) is 31.4 Å². The van der Waals surface area contributed by atoms with Crippen LogP contribution in [0.15, 0.2) is 127 Å². The average Bonchev–Trinajstić information content (AvgIpc) is 3.14. The molecule has 3 heterocycles. The molecule has 3 unspecified atom stereocenters. The van der Waals surface area contributed by atoms with E-state index in [1.54, 1.807) is 54.8 Å². The van der Waals surface area contributed by atoms with Gasteiger partial charge in [-0.1, -0.05) is 84.4 Å². The Morgan fingerprint density at radius 2 is 1.63 bits per heavy atom. The topological polar surface area (TPSA) is 118 Å². The molecule has 1 aromatic heterocycles. The molecule has 0 fully saturated rings. The molecule has 51 heavy (non-hydrogen) atoms. The van der Waals surface area contributed by atoms with E-state index in [9.17, 15) is 19.5 Å². The van der Waals surface area contributed by atoms with Crippen LogP contribution in [0.4, 0.5) is 0 Å². The van der Waals surface area contributed by atoms with Crippen molar-refractivity contribution >= 4 is 17.8 Å². The number of allylic oxidation sites excluding steroid dienone is 2. The first-order chi connectivity index (χ1) is 24.7. The van der Waals surface area contributed by atoms with Gasteiger partial charge in [-0.05, 0) is 85.4 Å². The third kappa shape index (κ3) is 8.27. The Hall–Kier alpha value is -5.96. The molecule has 0 spiro atoms. The molecule has 2 N–H and O–H groups in total. The number of aromatic nitrogens is 1. The summed E-state index contributed by atoms with van der Waals surface area (Å²) in [6.07, 6.45) is 8.66. The molecule has 0 aliphatic carbocycles. The number of carboxylic acids is 1. The summed E-state index contributed by atoms with van der Waals surface area (Å²) < 4.78 is 12.5. The lowest BCUT2D eigenvalue weighted by molar-refractivity contribution is -0.142. The number of aliphatic carboxylic acids is 1. The minimum absolute atomic E-state index is 0.0639. The number of rotatable bonds is 8. The Bertz CT molecular complexity index is 1980. The van der Waals surface area contributed by atoms with Gasteiger partial charge in [-0.15, -0.1) is 0 Å². The number of hydrogen-bond acceptors (Lipinski definition) is 6. The zero-order chi connectivity index (χ0) is 35.9. The maximum Gasteiger partial charge on any atom is 0.326 e. The predicted molar refractivity (Wildman–Crippen MR) is 195 cm³/mol. The van der Waals surface area contributed by atoms with Crippen molar-refractivity contribution < 1.29 is 29.0 Å². The van der Waals surface area contributed by atoms with Crippen molar-refractivity contribution in [3.63, 3.8) is 0 Å². The molecule has 6 rings (SSSR count). The molecule has 9 heteroatoms. The number of nitrogens with zero attached hydrogens (tertiary/aromatic N) is 2. The molecule has 3 atom stereocenters. The van der Waals surface area contributed by atoms with Gasteiger partial charge in [0.2, 0.25) is 5.91 Å². The van der Waals surface area contributed by atoms with Crippen LogP contribution in [-0.2, 0) is 25.5 Å². The van der Waals surface area contributed by atoms with Crippen LogP contribution in [0, 0.1) is 20.8 Å². The lowest BCUT2D eigenvalue weighted by Crippen LogP contribution is -2.53. The van der Waals surface area contributed by atoms with Gasteiger partial charge in [0.05, 0.1) is 0 Å². The highest BCUT2D eigenvalue weighted by Gasteiger charge is 2.33.